The number of alkyl halides is 3. The first kappa shape index (κ1) is 23.1. The molecule has 0 atom stereocenters. The van der Waals surface area contributed by atoms with E-state index in [1.807, 2.05) is 30.3 Å². The SMILES string of the molecule is COc1ccc(C2=C(Nc3cccc(C(F)(F)F)c3)C(=O)N(CCc3ccccc3)C2=O)cc1. The summed E-state index contributed by atoms with van der Waals surface area (Å²) < 4.78 is 44.7. The highest BCUT2D eigenvalue weighted by atomic mass is 19.4. The lowest BCUT2D eigenvalue weighted by Crippen LogP contribution is -2.34. The van der Waals surface area contributed by atoms with Crippen LogP contribution in [-0.4, -0.2) is 30.4 Å². The van der Waals surface area contributed by atoms with Gasteiger partial charge in [-0.15, -0.1) is 0 Å². The summed E-state index contributed by atoms with van der Waals surface area (Å²) in [6.45, 7) is 0.134. The van der Waals surface area contributed by atoms with Gasteiger partial charge in [0.25, 0.3) is 11.8 Å². The van der Waals surface area contributed by atoms with E-state index in [1.54, 1.807) is 24.3 Å². The van der Waals surface area contributed by atoms with Gasteiger partial charge in [0, 0.05) is 12.2 Å². The van der Waals surface area contributed by atoms with E-state index in [4.69, 9.17) is 4.74 Å². The molecule has 174 valence electrons. The molecule has 8 heteroatoms. The van der Waals surface area contributed by atoms with E-state index in [-0.39, 0.29) is 23.5 Å². The summed E-state index contributed by atoms with van der Waals surface area (Å²) in [5, 5.41) is 2.78. The number of nitrogens with one attached hydrogen (secondary N) is 1. The first-order valence-corrected chi connectivity index (χ1v) is 10.5. The standard InChI is InChI=1S/C26H21F3N2O3/c1-34-21-12-10-18(11-13-21)22-23(30-20-9-5-8-19(16-20)26(27,28)29)25(33)31(24(22)32)15-14-17-6-3-2-4-7-17/h2-13,16,30H,14-15H2,1H3. The second-order valence-corrected chi connectivity index (χ2v) is 7.68. The quantitative estimate of drug-likeness (QED) is 0.490. The molecule has 4 rings (SSSR count). The Bertz CT molecular complexity index is 1240. The van der Waals surface area contributed by atoms with Crippen molar-refractivity contribution in [3.8, 4) is 5.75 Å². The van der Waals surface area contributed by atoms with Crippen molar-refractivity contribution < 1.29 is 27.5 Å². The minimum atomic E-state index is -4.54. The van der Waals surface area contributed by atoms with Gasteiger partial charge in [-0.2, -0.15) is 13.2 Å². The van der Waals surface area contributed by atoms with Crippen LogP contribution in [0.4, 0.5) is 18.9 Å². The zero-order chi connectivity index (χ0) is 24.3. The first-order chi connectivity index (χ1) is 16.3. The molecule has 1 heterocycles. The number of carbonyl (C=O) groups is 2. The van der Waals surface area contributed by atoms with Gasteiger partial charge in [0.1, 0.15) is 11.4 Å². The van der Waals surface area contributed by atoms with Crippen LogP contribution in [-0.2, 0) is 22.2 Å². The maximum Gasteiger partial charge on any atom is 0.416 e. The number of hydrogen-bond acceptors (Lipinski definition) is 4. The predicted octanol–water partition coefficient (Wildman–Crippen LogP) is 5.15. The normalized spacial score (nSPS) is 14.1. The summed E-state index contributed by atoms with van der Waals surface area (Å²) in [5.74, 6) is -0.542. The van der Waals surface area contributed by atoms with Crippen LogP contribution >= 0.6 is 0 Å². The molecule has 0 aliphatic carbocycles. The molecular weight excluding hydrogens is 445 g/mol. The summed E-state index contributed by atoms with van der Waals surface area (Å²) >= 11 is 0. The van der Waals surface area contributed by atoms with Crippen molar-refractivity contribution in [1.82, 2.24) is 4.90 Å². The number of ether oxygens (including phenoxy) is 1. The fourth-order valence-electron chi connectivity index (χ4n) is 3.72. The highest BCUT2D eigenvalue weighted by Crippen LogP contribution is 2.34. The fourth-order valence-corrected chi connectivity index (χ4v) is 3.72. The minimum absolute atomic E-state index is 0.0573. The third kappa shape index (κ3) is 4.80. The van der Waals surface area contributed by atoms with E-state index < -0.39 is 23.6 Å². The maximum absolute atomic E-state index is 13.3. The minimum Gasteiger partial charge on any atom is -0.497 e. The molecule has 34 heavy (non-hydrogen) atoms. The molecule has 1 aliphatic heterocycles. The van der Waals surface area contributed by atoms with Crippen molar-refractivity contribution in [3.63, 3.8) is 0 Å². The Morgan fingerprint density at radius 3 is 2.24 bits per heavy atom. The Balaban J connectivity index is 1.69. The third-order valence-corrected chi connectivity index (χ3v) is 5.47. The Kier molecular flexibility index (Phi) is 6.40. The molecule has 3 aromatic rings. The summed E-state index contributed by atoms with van der Waals surface area (Å²) in [6.07, 6.45) is -4.09. The molecule has 5 nitrogen and oxygen atoms in total. The van der Waals surface area contributed by atoms with E-state index >= 15 is 0 Å². The maximum atomic E-state index is 13.3. The van der Waals surface area contributed by atoms with Crippen LogP contribution in [0.15, 0.2) is 84.6 Å². The molecule has 1 aliphatic rings. The second kappa shape index (κ2) is 9.43. The van der Waals surface area contributed by atoms with Gasteiger partial charge in [-0.3, -0.25) is 14.5 Å². The summed E-state index contributed by atoms with van der Waals surface area (Å²) in [7, 11) is 1.50. The average molecular weight is 466 g/mol. The number of carbonyl (C=O) groups excluding carboxylic acids is 2. The number of imide groups is 1. The van der Waals surface area contributed by atoms with Gasteiger partial charge >= 0.3 is 6.18 Å². The van der Waals surface area contributed by atoms with Crippen molar-refractivity contribution in [2.45, 2.75) is 12.6 Å². The molecule has 0 radical (unpaired) electrons. The molecular formula is C26H21F3N2O3. The van der Waals surface area contributed by atoms with E-state index in [2.05, 4.69) is 5.32 Å². The van der Waals surface area contributed by atoms with E-state index in [0.29, 0.717) is 17.7 Å². The zero-order valence-corrected chi connectivity index (χ0v) is 18.2. The number of benzene rings is 3. The van der Waals surface area contributed by atoms with Crippen LogP contribution in [0, 0.1) is 0 Å². The Hall–Kier alpha value is -4.07. The summed E-state index contributed by atoms with van der Waals surface area (Å²) in [6, 6.07) is 20.5. The smallest absolute Gasteiger partial charge is 0.416 e. The van der Waals surface area contributed by atoms with Crippen LogP contribution in [0.3, 0.4) is 0 Å². The molecule has 3 aromatic carbocycles. The van der Waals surface area contributed by atoms with Gasteiger partial charge in [0.15, 0.2) is 0 Å². The van der Waals surface area contributed by atoms with Gasteiger partial charge in [-0.05, 0) is 47.9 Å². The van der Waals surface area contributed by atoms with Crippen LogP contribution in [0.5, 0.6) is 5.75 Å². The van der Waals surface area contributed by atoms with Gasteiger partial charge in [0.05, 0.1) is 18.2 Å². The summed E-state index contributed by atoms with van der Waals surface area (Å²) in [4.78, 5) is 27.7. The molecule has 0 unspecified atom stereocenters. The van der Waals surface area contributed by atoms with Crippen molar-refractivity contribution in [2.75, 3.05) is 19.0 Å². The second-order valence-electron chi connectivity index (χ2n) is 7.68. The van der Waals surface area contributed by atoms with Crippen molar-refractivity contribution in [1.29, 1.82) is 0 Å². The number of anilines is 1. The number of halogens is 3. The monoisotopic (exact) mass is 466 g/mol. The van der Waals surface area contributed by atoms with Crippen molar-refractivity contribution in [2.24, 2.45) is 0 Å². The molecule has 0 saturated heterocycles. The molecule has 0 saturated carbocycles. The lowest BCUT2D eigenvalue weighted by Gasteiger charge is -2.15. The fraction of sp³-hybridized carbons (Fsp3) is 0.154. The Labute approximate surface area is 194 Å². The van der Waals surface area contributed by atoms with Crippen LogP contribution in [0.2, 0.25) is 0 Å². The highest BCUT2D eigenvalue weighted by molar-refractivity contribution is 6.36. The van der Waals surface area contributed by atoms with Gasteiger partial charge in [0.2, 0.25) is 0 Å². The van der Waals surface area contributed by atoms with Crippen molar-refractivity contribution in [3.05, 3.63) is 101 Å². The molecule has 0 fully saturated rings. The molecule has 0 bridgehead atoms. The highest BCUT2D eigenvalue weighted by Gasteiger charge is 2.39. The topological polar surface area (TPSA) is 58.6 Å². The van der Waals surface area contributed by atoms with Crippen LogP contribution in [0.1, 0.15) is 16.7 Å². The molecule has 1 N–H and O–H groups in total. The number of amides is 2. The number of methoxy groups -OCH3 is 1. The number of nitrogens with zero attached hydrogens (tertiary/aromatic N) is 1. The predicted molar refractivity (Wildman–Crippen MR) is 122 cm³/mol. The van der Waals surface area contributed by atoms with Crippen LogP contribution < -0.4 is 10.1 Å². The van der Waals surface area contributed by atoms with Gasteiger partial charge in [-0.25, -0.2) is 0 Å². The third-order valence-electron chi connectivity index (χ3n) is 5.47. The van der Waals surface area contributed by atoms with E-state index in [9.17, 15) is 22.8 Å². The largest absolute Gasteiger partial charge is 0.497 e. The number of hydrogen-bond donors (Lipinski definition) is 1. The van der Waals surface area contributed by atoms with Crippen LogP contribution in [0.25, 0.3) is 5.57 Å². The lowest BCUT2D eigenvalue weighted by molar-refractivity contribution is -0.138. The van der Waals surface area contributed by atoms with Gasteiger partial charge in [-0.1, -0.05) is 48.5 Å². The first-order valence-electron chi connectivity index (χ1n) is 10.5. The average Bonchev–Trinajstić information content (AvgIpc) is 3.07. The Morgan fingerprint density at radius 2 is 1.59 bits per heavy atom. The number of rotatable bonds is 7. The zero-order valence-electron chi connectivity index (χ0n) is 18.2. The van der Waals surface area contributed by atoms with Gasteiger partial charge < -0.3 is 10.1 Å². The molecule has 2 amide bonds. The molecule has 0 spiro atoms. The van der Waals surface area contributed by atoms with E-state index in [0.717, 1.165) is 22.6 Å². The summed E-state index contributed by atoms with van der Waals surface area (Å²) in [5.41, 5.74) is 0.633. The van der Waals surface area contributed by atoms with Crippen molar-refractivity contribution >= 4 is 23.1 Å². The Morgan fingerprint density at radius 1 is 0.882 bits per heavy atom. The van der Waals surface area contributed by atoms with E-state index in [1.165, 1.54) is 19.2 Å². The molecule has 0 aromatic heterocycles. The lowest BCUT2D eigenvalue weighted by atomic mass is 10.0.